The van der Waals surface area contributed by atoms with E-state index in [1.807, 2.05) is 30.3 Å². The van der Waals surface area contributed by atoms with Crippen molar-refractivity contribution in [3.05, 3.63) is 60.2 Å². The van der Waals surface area contributed by atoms with E-state index in [1.165, 1.54) is 4.90 Å². The molecule has 2 aromatic rings. The first-order valence-electron chi connectivity index (χ1n) is 9.81. The van der Waals surface area contributed by atoms with Gasteiger partial charge >= 0.3 is 0 Å². The first kappa shape index (κ1) is 19.5. The summed E-state index contributed by atoms with van der Waals surface area (Å²) < 4.78 is 0. The lowest BCUT2D eigenvalue weighted by atomic mass is 10.1. The number of amides is 3. The first-order chi connectivity index (χ1) is 14.1. The van der Waals surface area contributed by atoms with E-state index in [0.717, 1.165) is 17.1 Å². The number of nitrogens with one attached hydrogen (secondary N) is 1. The molecule has 2 aliphatic rings. The van der Waals surface area contributed by atoms with E-state index >= 15 is 0 Å². The standard InChI is InChI=1S/C22H23N3O3S/c26-20(23-12-14-29-16-7-2-1-3-8-16)15-25-18-10-5-4-9-17(18)21(27)24-13-6-11-19(24)22(25)28/h1-5,7-10,19H,6,11-15H2,(H,23,26)/t19-/m0/s1. The molecule has 2 aromatic carbocycles. The molecule has 0 saturated carbocycles. The number of anilines is 1. The van der Waals surface area contributed by atoms with Gasteiger partial charge in [-0.2, -0.15) is 0 Å². The normalized spacial score (nSPS) is 18.3. The Labute approximate surface area is 174 Å². The fraction of sp³-hybridized carbons (Fsp3) is 0.318. The minimum absolute atomic E-state index is 0.0799. The van der Waals surface area contributed by atoms with Gasteiger partial charge in [-0.25, -0.2) is 0 Å². The van der Waals surface area contributed by atoms with Gasteiger partial charge in [-0.15, -0.1) is 11.8 Å². The molecule has 1 N–H and O–H groups in total. The molecule has 29 heavy (non-hydrogen) atoms. The SMILES string of the molecule is O=C(CN1C(=O)[C@@H]2CCCN2C(=O)c2ccccc21)NCCSc1ccccc1. The average Bonchev–Trinajstić information content (AvgIpc) is 3.22. The van der Waals surface area contributed by atoms with Crippen LogP contribution in [0.15, 0.2) is 59.5 Å². The molecule has 4 rings (SSSR count). The lowest BCUT2D eigenvalue weighted by Gasteiger charge is -2.25. The topological polar surface area (TPSA) is 69.7 Å². The summed E-state index contributed by atoms with van der Waals surface area (Å²) in [6.45, 7) is 1.01. The Morgan fingerprint density at radius 3 is 2.66 bits per heavy atom. The molecule has 1 fully saturated rings. The second kappa shape index (κ2) is 8.69. The molecule has 1 atom stereocenters. The van der Waals surface area contributed by atoms with Gasteiger partial charge < -0.3 is 15.1 Å². The van der Waals surface area contributed by atoms with E-state index in [0.29, 0.717) is 30.8 Å². The van der Waals surface area contributed by atoms with Crippen LogP contribution in [0.5, 0.6) is 0 Å². The number of rotatable bonds is 6. The van der Waals surface area contributed by atoms with E-state index in [9.17, 15) is 14.4 Å². The zero-order chi connectivity index (χ0) is 20.2. The zero-order valence-electron chi connectivity index (χ0n) is 16.0. The van der Waals surface area contributed by atoms with Gasteiger partial charge in [0.1, 0.15) is 12.6 Å². The third-order valence-corrected chi connectivity index (χ3v) is 6.24. The molecule has 0 radical (unpaired) electrons. The quantitative estimate of drug-likeness (QED) is 0.588. The Balaban J connectivity index is 1.42. The molecule has 0 unspecified atom stereocenters. The van der Waals surface area contributed by atoms with Crippen LogP contribution in [-0.4, -0.2) is 54.1 Å². The van der Waals surface area contributed by atoms with E-state index < -0.39 is 6.04 Å². The van der Waals surface area contributed by atoms with Crippen LogP contribution in [0.2, 0.25) is 0 Å². The molecule has 0 bridgehead atoms. The van der Waals surface area contributed by atoms with Crippen molar-refractivity contribution in [3.63, 3.8) is 0 Å². The molecule has 0 aliphatic carbocycles. The van der Waals surface area contributed by atoms with E-state index in [4.69, 9.17) is 0 Å². The summed E-state index contributed by atoms with van der Waals surface area (Å²) in [6, 6.07) is 16.6. The van der Waals surface area contributed by atoms with Crippen molar-refractivity contribution >= 4 is 35.2 Å². The highest BCUT2D eigenvalue weighted by Gasteiger charge is 2.42. The highest BCUT2D eigenvalue weighted by atomic mass is 32.2. The minimum Gasteiger partial charge on any atom is -0.354 e. The number of fused-ring (bicyclic) bond motifs is 2. The van der Waals surface area contributed by atoms with Gasteiger partial charge in [-0.3, -0.25) is 14.4 Å². The Kier molecular flexibility index (Phi) is 5.85. The van der Waals surface area contributed by atoms with Gasteiger partial charge in [0.15, 0.2) is 0 Å². The number of hydrogen-bond donors (Lipinski definition) is 1. The monoisotopic (exact) mass is 409 g/mol. The molecule has 1 saturated heterocycles. The lowest BCUT2D eigenvalue weighted by molar-refractivity contribution is -0.125. The molecule has 0 aromatic heterocycles. The summed E-state index contributed by atoms with van der Waals surface area (Å²) in [4.78, 5) is 42.8. The Morgan fingerprint density at radius 1 is 1.07 bits per heavy atom. The van der Waals surface area contributed by atoms with Crippen molar-refractivity contribution in [2.75, 3.05) is 30.3 Å². The number of para-hydroxylation sites is 1. The molecular weight excluding hydrogens is 386 g/mol. The van der Waals surface area contributed by atoms with Crippen LogP contribution in [0.4, 0.5) is 5.69 Å². The van der Waals surface area contributed by atoms with Gasteiger partial charge in [0.25, 0.3) is 5.91 Å². The fourth-order valence-electron chi connectivity index (χ4n) is 3.85. The third kappa shape index (κ3) is 4.15. The van der Waals surface area contributed by atoms with Crippen LogP contribution >= 0.6 is 11.8 Å². The number of thioether (sulfide) groups is 1. The minimum atomic E-state index is -0.476. The molecule has 7 heteroatoms. The highest BCUT2D eigenvalue weighted by molar-refractivity contribution is 7.99. The van der Waals surface area contributed by atoms with Gasteiger partial charge in [-0.05, 0) is 37.1 Å². The predicted molar refractivity (Wildman–Crippen MR) is 113 cm³/mol. The maximum absolute atomic E-state index is 13.1. The highest BCUT2D eigenvalue weighted by Crippen LogP contribution is 2.32. The molecule has 2 heterocycles. The van der Waals surface area contributed by atoms with Crippen LogP contribution in [0.1, 0.15) is 23.2 Å². The average molecular weight is 410 g/mol. The van der Waals surface area contributed by atoms with Gasteiger partial charge in [0.05, 0.1) is 11.3 Å². The van der Waals surface area contributed by atoms with Gasteiger partial charge in [-0.1, -0.05) is 30.3 Å². The van der Waals surface area contributed by atoms with Crippen molar-refractivity contribution in [3.8, 4) is 0 Å². The van der Waals surface area contributed by atoms with Crippen LogP contribution < -0.4 is 10.2 Å². The largest absolute Gasteiger partial charge is 0.354 e. The van der Waals surface area contributed by atoms with Gasteiger partial charge in [0, 0.05) is 23.7 Å². The molecular formula is C22H23N3O3S. The first-order valence-corrected chi connectivity index (χ1v) is 10.8. The summed E-state index contributed by atoms with van der Waals surface area (Å²) in [5.41, 5.74) is 1.00. The number of carbonyl (C=O) groups is 3. The van der Waals surface area contributed by atoms with Crippen molar-refractivity contribution in [2.45, 2.75) is 23.8 Å². The second-order valence-corrected chi connectivity index (χ2v) is 8.28. The molecule has 0 spiro atoms. The van der Waals surface area contributed by atoms with Crippen molar-refractivity contribution < 1.29 is 14.4 Å². The zero-order valence-corrected chi connectivity index (χ0v) is 16.9. The van der Waals surface area contributed by atoms with Crippen LogP contribution in [0.25, 0.3) is 0 Å². The van der Waals surface area contributed by atoms with Crippen LogP contribution in [-0.2, 0) is 9.59 Å². The van der Waals surface area contributed by atoms with Crippen molar-refractivity contribution in [2.24, 2.45) is 0 Å². The predicted octanol–water partition coefficient (Wildman–Crippen LogP) is 2.55. The fourth-order valence-corrected chi connectivity index (χ4v) is 4.64. The summed E-state index contributed by atoms with van der Waals surface area (Å²) in [5.74, 6) is 0.226. The smallest absolute Gasteiger partial charge is 0.256 e. The lowest BCUT2D eigenvalue weighted by Crippen LogP contribution is -2.48. The van der Waals surface area contributed by atoms with E-state index in [1.54, 1.807) is 40.9 Å². The molecule has 2 aliphatic heterocycles. The number of carbonyl (C=O) groups excluding carboxylic acids is 3. The van der Waals surface area contributed by atoms with E-state index in [2.05, 4.69) is 5.32 Å². The molecule has 6 nitrogen and oxygen atoms in total. The third-order valence-electron chi connectivity index (χ3n) is 5.23. The van der Waals surface area contributed by atoms with Gasteiger partial charge in [0.2, 0.25) is 11.8 Å². The number of hydrogen-bond acceptors (Lipinski definition) is 4. The summed E-state index contributed by atoms with van der Waals surface area (Å²) in [6.07, 6.45) is 1.45. The van der Waals surface area contributed by atoms with Crippen LogP contribution in [0, 0.1) is 0 Å². The van der Waals surface area contributed by atoms with E-state index in [-0.39, 0.29) is 24.3 Å². The summed E-state index contributed by atoms with van der Waals surface area (Å²) in [5, 5.41) is 2.89. The number of benzene rings is 2. The molecule has 3 amide bonds. The Bertz CT molecular complexity index is 919. The summed E-state index contributed by atoms with van der Waals surface area (Å²) in [7, 11) is 0. The second-order valence-electron chi connectivity index (χ2n) is 7.11. The van der Waals surface area contributed by atoms with Crippen LogP contribution in [0.3, 0.4) is 0 Å². The molecule has 150 valence electrons. The Hall–Kier alpha value is -2.80. The van der Waals surface area contributed by atoms with Crippen molar-refractivity contribution in [1.82, 2.24) is 10.2 Å². The maximum Gasteiger partial charge on any atom is 0.256 e. The number of nitrogens with zero attached hydrogens (tertiary/aromatic N) is 2. The summed E-state index contributed by atoms with van der Waals surface area (Å²) >= 11 is 1.67. The maximum atomic E-state index is 13.1. The Morgan fingerprint density at radius 2 is 1.83 bits per heavy atom. The van der Waals surface area contributed by atoms with Crippen molar-refractivity contribution in [1.29, 1.82) is 0 Å².